The van der Waals surface area contributed by atoms with Gasteiger partial charge in [-0.2, -0.15) is 0 Å². The number of nitrogens with two attached hydrogens (primary N) is 1. The van der Waals surface area contributed by atoms with Crippen LogP contribution in [-0.2, 0) is 6.42 Å². The predicted octanol–water partition coefficient (Wildman–Crippen LogP) is 2.85. The van der Waals surface area contributed by atoms with Crippen molar-refractivity contribution in [1.29, 1.82) is 0 Å². The molecule has 0 fully saturated rings. The Balaban J connectivity index is 1.60. The lowest BCUT2D eigenvalue weighted by Gasteiger charge is -2.35. The van der Waals surface area contributed by atoms with Crippen LogP contribution in [0.5, 0.6) is 0 Å². The summed E-state index contributed by atoms with van der Waals surface area (Å²) in [6, 6.07) is 13.8. The van der Waals surface area contributed by atoms with Crippen LogP contribution in [0.15, 0.2) is 55.0 Å². The van der Waals surface area contributed by atoms with Gasteiger partial charge in [-0.25, -0.2) is 4.98 Å². The third-order valence-corrected chi connectivity index (χ3v) is 5.83. The highest BCUT2D eigenvalue weighted by Crippen LogP contribution is 2.49. The Kier molecular flexibility index (Phi) is 3.27. The fourth-order valence-electron chi connectivity index (χ4n) is 4.60. The average molecular weight is 345 g/mol. The van der Waals surface area contributed by atoms with Crippen LogP contribution in [0.1, 0.15) is 45.6 Å². The molecule has 0 saturated carbocycles. The van der Waals surface area contributed by atoms with Gasteiger partial charge in [0.05, 0.1) is 30.4 Å². The molecule has 26 heavy (non-hydrogen) atoms. The number of benzene rings is 2. The van der Waals surface area contributed by atoms with Gasteiger partial charge < -0.3 is 15.4 Å². The fraction of sp³-hybridized carbons (Fsp3) is 0.238. The summed E-state index contributed by atoms with van der Waals surface area (Å²) < 4.78 is 2.17. The Labute approximate surface area is 151 Å². The van der Waals surface area contributed by atoms with Gasteiger partial charge in [0.25, 0.3) is 0 Å². The number of fused-ring (bicyclic) bond motifs is 4. The zero-order chi connectivity index (χ0) is 17.8. The smallest absolute Gasteiger partial charge is 0.248 e. The highest BCUT2D eigenvalue weighted by Gasteiger charge is 2.40. The van der Waals surface area contributed by atoms with E-state index in [1.165, 1.54) is 11.1 Å². The van der Waals surface area contributed by atoms with Crippen molar-refractivity contribution >= 4 is 5.91 Å². The van der Waals surface area contributed by atoms with E-state index in [4.69, 9.17) is 5.73 Å². The first-order chi connectivity index (χ1) is 12.6. The molecular weight excluding hydrogens is 326 g/mol. The third-order valence-electron chi connectivity index (χ3n) is 5.83. The molecule has 0 spiro atoms. The summed E-state index contributed by atoms with van der Waals surface area (Å²) in [6.07, 6.45) is 4.83. The Morgan fingerprint density at radius 2 is 2.04 bits per heavy atom. The quantitative estimate of drug-likeness (QED) is 0.749. The third kappa shape index (κ3) is 2.07. The summed E-state index contributed by atoms with van der Waals surface area (Å²) in [6.45, 7) is 0. The van der Waals surface area contributed by atoms with E-state index in [2.05, 4.69) is 21.7 Å². The maximum atomic E-state index is 11.6. The molecule has 0 unspecified atom stereocenters. The van der Waals surface area contributed by atoms with E-state index in [1.807, 2.05) is 30.7 Å². The van der Waals surface area contributed by atoms with Crippen LogP contribution >= 0.6 is 0 Å². The van der Waals surface area contributed by atoms with Crippen LogP contribution < -0.4 is 5.73 Å². The fourth-order valence-corrected chi connectivity index (χ4v) is 4.60. The number of hydrogen-bond acceptors (Lipinski definition) is 3. The minimum absolute atomic E-state index is 0.0160. The number of aliphatic hydroxyl groups excluding tert-OH is 1. The van der Waals surface area contributed by atoms with E-state index in [9.17, 15) is 9.90 Å². The average Bonchev–Trinajstić information content (AvgIpc) is 3.23. The van der Waals surface area contributed by atoms with Crippen molar-refractivity contribution in [1.82, 2.24) is 9.55 Å². The van der Waals surface area contributed by atoms with Gasteiger partial charge >= 0.3 is 0 Å². The Bertz CT molecular complexity index is 1020. The van der Waals surface area contributed by atoms with Gasteiger partial charge in [0, 0.05) is 17.0 Å². The number of nitrogens with zero attached hydrogens (tertiary/aromatic N) is 2. The topological polar surface area (TPSA) is 81.1 Å². The van der Waals surface area contributed by atoms with Gasteiger partial charge in [0.2, 0.25) is 5.91 Å². The van der Waals surface area contributed by atoms with E-state index < -0.39 is 12.0 Å². The number of aromatic nitrogens is 2. The van der Waals surface area contributed by atoms with Crippen LogP contribution in [0.2, 0.25) is 0 Å². The molecular formula is C21H19N3O2. The lowest BCUT2D eigenvalue weighted by atomic mass is 9.75. The van der Waals surface area contributed by atoms with Gasteiger partial charge in [0.1, 0.15) is 0 Å². The summed E-state index contributed by atoms with van der Waals surface area (Å²) in [5.74, 6) is -0.451. The second-order valence-electron chi connectivity index (χ2n) is 7.14. The first kappa shape index (κ1) is 15.3. The minimum Gasteiger partial charge on any atom is -0.388 e. The number of carbonyl (C=O) groups excluding carboxylic acids is 1. The SMILES string of the molecule is NC(=O)c1ccc2c(c1)[C@@H](O)[C@@H]([C@H]1c3ccccc3-c3cncn31)CC2. The molecule has 3 atom stereocenters. The summed E-state index contributed by atoms with van der Waals surface area (Å²) in [4.78, 5) is 15.9. The number of rotatable bonds is 2. The molecule has 5 nitrogen and oxygen atoms in total. The van der Waals surface area contributed by atoms with Gasteiger partial charge in [-0.05, 0) is 41.7 Å². The molecule has 3 aromatic rings. The highest BCUT2D eigenvalue weighted by atomic mass is 16.3. The second-order valence-corrected chi connectivity index (χ2v) is 7.14. The molecule has 3 N–H and O–H groups in total. The number of primary amides is 1. The first-order valence-electron chi connectivity index (χ1n) is 8.87. The van der Waals surface area contributed by atoms with Gasteiger partial charge in [-0.3, -0.25) is 4.79 Å². The Morgan fingerprint density at radius 3 is 2.88 bits per heavy atom. The number of imidazole rings is 1. The molecule has 2 heterocycles. The lowest BCUT2D eigenvalue weighted by molar-refractivity contribution is 0.0719. The maximum Gasteiger partial charge on any atom is 0.248 e. The van der Waals surface area contributed by atoms with Gasteiger partial charge in [0.15, 0.2) is 0 Å². The number of aliphatic hydroxyl groups is 1. The standard InChI is InChI=1S/C21H19N3O2/c22-21(26)13-6-5-12-7-8-16(20(25)17(12)9-13)19-15-4-2-1-3-14(15)18-10-23-11-24(18)19/h1-6,9-11,16,19-20,25H,7-8H2,(H2,22,26)/t16-,19-,20+/m1/s1. The summed E-state index contributed by atoms with van der Waals surface area (Å²) in [5.41, 5.74) is 11.3. The number of hydrogen-bond donors (Lipinski definition) is 2. The molecule has 5 rings (SSSR count). The molecule has 0 radical (unpaired) electrons. The van der Waals surface area contributed by atoms with E-state index >= 15 is 0 Å². The predicted molar refractivity (Wildman–Crippen MR) is 97.5 cm³/mol. The monoisotopic (exact) mass is 345 g/mol. The molecule has 130 valence electrons. The maximum absolute atomic E-state index is 11.6. The molecule has 1 aromatic heterocycles. The van der Waals surface area contributed by atoms with Crippen molar-refractivity contribution in [3.8, 4) is 11.3 Å². The lowest BCUT2D eigenvalue weighted by Crippen LogP contribution is -2.29. The molecule has 0 bridgehead atoms. The van der Waals surface area contributed by atoms with Gasteiger partial charge in [-0.15, -0.1) is 0 Å². The molecule has 1 aliphatic carbocycles. The van der Waals surface area contributed by atoms with Crippen LogP contribution in [-0.4, -0.2) is 20.6 Å². The molecule has 2 aliphatic rings. The molecule has 0 saturated heterocycles. The Hall–Kier alpha value is -2.92. The van der Waals surface area contributed by atoms with E-state index in [-0.39, 0.29) is 12.0 Å². The van der Waals surface area contributed by atoms with Crippen LogP contribution in [0.3, 0.4) is 0 Å². The van der Waals surface area contributed by atoms with Crippen LogP contribution in [0.25, 0.3) is 11.3 Å². The molecule has 1 amide bonds. The van der Waals surface area contributed by atoms with E-state index in [1.54, 1.807) is 12.1 Å². The minimum atomic E-state index is -0.649. The molecule has 5 heteroatoms. The zero-order valence-electron chi connectivity index (χ0n) is 14.2. The number of aryl methyl sites for hydroxylation is 1. The van der Waals surface area contributed by atoms with Crippen molar-refractivity contribution in [2.45, 2.75) is 25.0 Å². The summed E-state index contributed by atoms with van der Waals surface area (Å²) in [5, 5.41) is 11.2. The highest BCUT2D eigenvalue weighted by molar-refractivity contribution is 5.93. The van der Waals surface area contributed by atoms with Crippen LogP contribution in [0.4, 0.5) is 0 Å². The zero-order valence-corrected chi connectivity index (χ0v) is 14.2. The summed E-state index contributed by atoms with van der Waals surface area (Å²) >= 11 is 0. The molecule has 2 aromatic carbocycles. The van der Waals surface area contributed by atoms with Gasteiger partial charge in [-0.1, -0.05) is 30.3 Å². The van der Waals surface area contributed by atoms with Crippen molar-refractivity contribution in [2.75, 3.05) is 0 Å². The van der Waals surface area contributed by atoms with Crippen LogP contribution in [0, 0.1) is 5.92 Å². The van der Waals surface area contributed by atoms with Crippen molar-refractivity contribution in [3.05, 3.63) is 77.2 Å². The second kappa shape index (κ2) is 5.54. The van der Waals surface area contributed by atoms with Crippen molar-refractivity contribution in [2.24, 2.45) is 11.7 Å². The Morgan fingerprint density at radius 1 is 1.19 bits per heavy atom. The summed E-state index contributed by atoms with van der Waals surface area (Å²) in [7, 11) is 0. The van der Waals surface area contributed by atoms with Crippen molar-refractivity contribution in [3.63, 3.8) is 0 Å². The van der Waals surface area contributed by atoms with E-state index in [0.29, 0.717) is 5.56 Å². The normalized spacial score (nSPS) is 23.2. The largest absolute Gasteiger partial charge is 0.388 e. The van der Waals surface area contributed by atoms with E-state index in [0.717, 1.165) is 29.7 Å². The molecule has 1 aliphatic heterocycles. The first-order valence-corrected chi connectivity index (χ1v) is 8.87. The van der Waals surface area contributed by atoms with Crippen molar-refractivity contribution < 1.29 is 9.90 Å². The number of amides is 1. The number of carbonyl (C=O) groups is 1.